The summed E-state index contributed by atoms with van der Waals surface area (Å²) in [4.78, 5) is 12.8. The van der Waals surface area contributed by atoms with E-state index in [-0.39, 0.29) is 11.8 Å². The number of carbonyl (C=O) groups is 1. The molecule has 152 valence electrons. The molecule has 0 fully saturated rings. The van der Waals surface area contributed by atoms with Gasteiger partial charge in [-0.3, -0.25) is 4.79 Å². The van der Waals surface area contributed by atoms with Gasteiger partial charge in [0.1, 0.15) is 5.75 Å². The predicted molar refractivity (Wildman–Crippen MR) is 113 cm³/mol. The summed E-state index contributed by atoms with van der Waals surface area (Å²) < 4.78 is 16.4. The summed E-state index contributed by atoms with van der Waals surface area (Å²) in [6, 6.07) is 13.2. The van der Waals surface area contributed by atoms with Crippen molar-refractivity contribution in [3.63, 3.8) is 0 Å². The number of rotatable bonds is 6. The smallest absolute Gasteiger partial charge is 0.283 e. The van der Waals surface area contributed by atoms with Crippen LogP contribution < -0.4 is 10.1 Å². The van der Waals surface area contributed by atoms with Crippen molar-refractivity contribution < 1.29 is 18.4 Å². The van der Waals surface area contributed by atoms with Gasteiger partial charge >= 0.3 is 0 Å². The summed E-state index contributed by atoms with van der Waals surface area (Å²) in [5.74, 6) is 0.962. The summed E-state index contributed by atoms with van der Waals surface area (Å²) in [5.41, 5.74) is 1.30. The molecule has 0 aliphatic carbocycles. The fourth-order valence-corrected chi connectivity index (χ4v) is 3.19. The standard InChI is InChI=1S/C21H15Cl2N3O4/c1-2-28-17-6-5-13(22)11-16(17)19(27)24-15-9-12(8-14(23)10-15)20-25-26-21(30-20)18-4-3-7-29-18/h3-11H,2H2,1H3,(H,24,27). The number of ether oxygens (including phenoxy) is 1. The van der Waals surface area contributed by atoms with Crippen LogP contribution in [-0.2, 0) is 0 Å². The van der Waals surface area contributed by atoms with Gasteiger partial charge in [-0.15, -0.1) is 10.2 Å². The number of hydrogen-bond donors (Lipinski definition) is 1. The summed E-state index contributed by atoms with van der Waals surface area (Å²) in [6.45, 7) is 2.25. The maximum absolute atomic E-state index is 12.8. The lowest BCUT2D eigenvalue weighted by molar-refractivity contribution is 0.102. The van der Waals surface area contributed by atoms with Crippen LogP contribution in [0.15, 0.2) is 63.6 Å². The number of halogens is 2. The molecule has 30 heavy (non-hydrogen) atoms. The van der Waals surface area contributed by atoms with Crippen molar-refractivity contribution in [2.24, 2.45) is 0 Å². The van der Waals surface area contributed by atoms with Crippen LogP contribution in [0, 0.1) is 0 Å². The van der Waals surface area contributed by atoms with Crippen molar-refractivity contribution in [1.29, 1.82) is 0 Å². The molecule has 0 atom stereocenters. The molecule has 2 aromatic carbocycles. The summed E-state index contributed by atoms with van der Waals surface area (Å²) in [7, 11) is 0. The molecule has 0 saturated heterocycles. The van der Waals surface area contributed by atoms with Gasteiger partial charge in [0.2, 0.25) is 5.89 Å². The van der Waals surface area contributed by atoms with E-state index in [4.69, 9.17) is 36.8 Å². The molecule has 1 N–H and O–H groups in total. The first-order valence-electron chi connectivity index (χ1n) is 8.95. The Kier molecular flexibility index (Phi) is 5.74. The molecular formula is C21H15Cl2N3O4. The van der Waals surface area contributed by atoms with Crippen LogP contribution in [0.5, 0.6) is 5.75 Å². The van der Waals surface area contributed by atoms with Gasteiger partial charge in [-0.1, -0.05) is 23.2 Å². The first-order chi connectivity index (χ1) is 14.5. The molecule has 9 heteroatoms. The van der Waals surface area contributed by atoms with Gasteiger partial charge in [-0.05, 0) is 55.5 Å². The zero-order valence-electron chi connectivity index (χ0n) is 15.7. The van der Waals surface area contributed by atoms with Gasteiger partial charge in [-0.2, -0.15) is 0 Å². The van der Waals surface area contributed by atoms with Gasteiger partial charge in [-0.25, -0.2) is 0 Å². The van der Waals surface area contributed by atoms with Gasteiger partial charge < -0.3 is 18.9 Å². The third kappa shape index (κ3) is 4.32. The molecule has 0 radical (unpaired) electrons. The summed E-state index contributed by atoms with van der Waals surface area (Å²) in [6.07, 6.45) is 1.51. The van der Waals surface area contributed by atoms with Crippen LogP contribution in [0.1, 0.15) is 17.3 Å². The van der Waals surface area contributed by atoms with Crippen LogP contribution in [-0.4, -0.2) is 22.7 Å². The second-order valence-electron chi connectivity index (χ2n) is 6.15. The zero-order chi connectivity index (χ0) is 21.1. The van der Waals surface area contributed by atoms with Gasteiger partial charge in [0.05, 0.1) is 18.4 Å². The topological polar surface area (TPSA) is 90.4 Å². The van der Waals surface area contributed by atoms with E-state index in [0.717, 1.165) is 0 Å². The lowest BCUT2D eigenvalue weighted by Crippen LogP contribution is -2.14. The van der Waals surface area contributed by atoms with Crippen molar-refractivity contribution in [2.45, 2.75) is 6.92 Å². The first kappa shape index (κ1) is 20.0. The van der Waals surface area contributed by atoms with E-state index in [2.05, 4.69) is 15.5 Å². The Balaban J connectivity index is 1.62. The molecule has 0 bridgehead atoms. The number of hydrogen-bond acceptors (Lipinski definition) is 6. The minimum Gasteiger partial charge on any atom is -0.493 e. The Hall–Kier alpha value is -3.29. The van der Waals surface area contributed by atoms with E-state index < -0.39 is 5.91 Å². The Morgan fingerprint density at radius 2 is 1.90 bits per heavy atom. The number of amides is 1. The number of anilines is 1. The van der Waals surface area contributed by atoms with E-state index in [1.807, 2.05) is 6.92 Å². The van der Waals surface area contributed by atoms with Crippen LogP contribution in [0.2, 0.25) is 10.0 Å². The molecule has 0 saturated carbocycles. The Morgan fingerprint density at radius 3 is 2.67 bits per heavy atom. The van der Waals surface area contributed by atoms with E-state index in [0.29, 0.717) is 45.0 Å². The molecule has 7 nitrogen and oxygen atoms in total. The minimum atomic E-state index is -0.393. The number of nitrogens with zero attached hydrogens (tertiary/aromatic N) is 2. The average molecular weight is 444 g/mol. The third-order valence-electron chi connectivity index (χ3n) is 4.05. The number of benzene rings is 2. The summed E-state index contributed by atoms with van der Waals surface area (Å²) >= 11 is 12.3. The SMILES string of the molecule is CCOc1ccc(Cl)cc1C(=O)Nc1cc(Cl)cc(-c2nnc(-c3ccco3)o2)c1. The maximum atomic E-state index is 12.8. The first-order valence-corrected chi connectivity index (χ1v) is 9.71. The van der Waals surface area contributed by atoms with Crippen molar-refractivity contribution in [2.75, 3.05) is 11.9 Å². The second kappa shape index (κ2) is 8.61. The van der Waals surface area contributed by atoms with Crippen LogP contribution in [0.4, 0.5) is 5.69 Å². The highest BCUT2D eigenvalue weighted by Gasteiger charge is 2.17. The van der Waals surface area contributed by atoms with Gasteiger partial charge in [0.25, 0.3) is 11.8 Å². The fourth-order valence-electron chi connectivity index (χ4n) is 2.78. The molecule has 0 unspecified atom stereocenters. The molecular weight excluding hydrogens is 429 g/mol. The highest BCUT2D eigenvalue weighted by molar-refractivity contribution is 6.31. The number of carbonyl (C=O) groups excluding carboxylic acids is 1. The average Bonchev–Trinajstić information content (AvgIpc) is 3.41. The maximum Gasteiger partial charge on any atom is 0.283 e. The largest absolute Gasteiger partial charge is 0.493 e. The predicted octanol–water partition coefficient (Wildman–Crippen LogP) is 5.95. The number of furan rings is 1. The Morgan fingerprint density at radius 1 is 1.07 bits per heavy atom. The minimum absolute atomic E-state index is 0.233. The lowest BCUT2D eigenvalue weighted by atomic mass is 10.1. The fraction of sp³-hybridized carbons (Fsp3) is 0.0952. The highest BCUT2D eigenvalue weighted by Crippen LogP contribution is 2.30. The Labute approximate surface area is 181 Å². The molecule has 4 rings (SSSR count). The van der Waals surface area contributed by atoms with Crippen molar-refractivity contribution in [1.82, 2.24) is 10.2 Å². The van der Waals surface area contributed by atoms with E-state index in [9.17, 15) is 4.79 Å². The molecule has 2 heterocycles. The van der Waals surface area contributed by atoms with E-state index in [1.165, 1.54) is 6.26 Å². The van der Waals surface area contributed by atoms with Crippen LogP contribution in [0.25, 0.3) is 23.1 Å². The molecule has 1 amide bonds. The quantitative estimate of drug-likeness (QED) is 0.395. The molecule has 0 aliphatic rings. The monoisotopic (exact) mass is 443 g/mol. The zero-order valence-corrected chi connectivity index (χ0v) is 17.2. The third-order valence-corrected chi connectivity index (χ3v) is 4.50. The lowest BCUT2D eigenvalue weighted by Gasteiger charge is -2.12. The van der Waals surface area contributed by atoms with Gasteiger partial charge in [0, 0.05) is 21.3 Å². The Bertz CT molecular complexity index is 1190. The molecule has 0 spiro atoms. The van der Waals surface area contributed by atoms with Gasteiger partial charge in [0.15, 0.2) is 5.76 Å². The van der Waals surface area contributed by atoms with Crippen molar-refractivity contribution in [3.05, 3.63) is 70.4 Å². The summed E-state index contributed by atoms with van der Waals surface area (Å²) in [5, 5.41) is 11.6. The second-order valence-corrected chi connectivity index (χ2v) is 7.02. The van der Waals surface area contributed by atoms with Crippen LogP contribution >= 0.6 is 23.2 Å². The highest BCUT2D eigenvalue weighted by atomic mass is 35.5. The molecule has 4 aromatic rings. The van der Waals surface area contributed by atoms with E-state index >= 15 is 0 Å². The normalized spacial score (nSPS) is 10.8. The van der Waals surface area contributed by atoms with E-state index in [1.54, 1.807) is 48.5 Å². The molecule has 0 aliphatic heterocycles. The number of nitrogens with one attached hydrogen (secondary N) is 1. The van der Waals surface area contributed by atoms with Crippen molar-refractivity contribution >= 4 is 34.8 Å². The molecule has 2 aromatic heterocycles. The number of aromatic nitrogens is 2. The van der Waals surface area contributed by atoms with Crippen LogP contribution in [0.3, 0.4) is 0 Å². The van der Waals surface area contributed by atoms with Crippen molar-refractivity contribution in [3.8, 4) is 28.9 Å².